The summed E-state index contributed by atoms with van der Waals surface area (Å²) in [4.78, 5) is 0. The fourth-order valence-corrected chi connectivity index (χ4v) is 11.2. The summed E-state index contributed by atoms with van der Waals surface area (Å²) in [5.41, 5.74) is 17.6. The number of furan rings is 2. The topological polar surface area (TPSA) is 45.4 Å². The lowest BCUT2D eigenvalue weighted by molar-refractivity contribution is 0.484. The Labute approximate surface area is 423 Å². The first-order valence-electron chi connectivity index (χ1n) is 25.3. The van der Waals surface area contributed by atoms with Gasteiger partial charge in [-0.3, -0.25) is 0 Å². The fraction of sp³-hybridized carbons (Fsp3) is 0.118. The molecule has 0 aliphatic carbocycles. The number of para-hydroxylation sites is 2. The Morgan fingerprint density at radius 1 is 0.301 bits per heavy atom. The molecule has 10 aromatic carbocycles. The van der Waals surface area contributed by atoms with Crippen LogP contribution in [0.15, 0.2) is 215 Å². The monoisotopic (exact) mass is 944 g/mol. The van der Waals surface area contributed by atoms with Crippen LogP contribution in [-0.2, 0) is 10.8 Å². The summed E-state index contributed by atoms with van der Waals surface area (Å²) < 4.78 is 24.3. The molecule has 0 unspecified atom stereocenters. The third-order valence-electron chi connectivity index (χ3n) is 15.1. The summed E-state index contributed by atoms with van der Waals surface area (Å²) in [6.07, 6.45) is 0. The first-order valence-corrected chi connectivity index (χ1v) is 25.3. The molecule has 0 N–H and O–H groups in total. The van der Waals surface area contributed by atoms with E-state index in [9.17, 15) is 0 Å². The van der Waals surface area contributed by atoms with E-state index in [0.29, 0.717) is 0 Å². The largest absolute Gasteiger partial charge is 0.457 e. The number of benzene rings is 10. The minimum atomic E-state index is 0.0719. The lowest BCUT2D eigenvalue weighted by atomic mass is 9.86. The molecule has 0 fully saturated rings. The summed E-state index contributed by atoms with van der Waals surface area (Å²) in [5.74, 6) is 1.53. The number of hydrogen-bond acceptors (Lipinski definition) is 3. The molecular formula is C68H52N2O3. The number of nitrogens with zero attached hydrogens (tertiary/aromatic N) is 2. The van der Waals surface area contributed by atoms with Crippen molar-refractivity contribution in [1.29, 1.82) is 0 Å². The Hall–Kier alpha value is -8.80. The number of fused-ring (bicyclic) bond motifs is 12. The zero-order valence-electron chi connectivity index (χ0n) is 41.7. The summed E-state index contributed by atoms with van der Waals surface area (Å²) >= 11 is 0. The van der Waals surface area contributed by atoms with Crippen LogP contribution in [0.1, 0.15) is 52.7 Å². The second-order valence-corrected chi connectivity index (χ2v) is 21.8. The Bertz CT molecular complexity index is 4230. The van der Waals surface area contributed by atoms with E-state index < -0.39 is 0 Å². The summed E-state index contributed by atoms with van der Waals surface area (Å²) in [6.45, 7) is 13.6. The van der Waals surface area contributed by atoms with Crippen LogP contribution in [0.5, 0.6) is 11.5 Å². The van der Waals surface area contributed by atoms with Crippen molar-refractivity contribution in [3.8, 4) is 45.1 Å². The second-order valence-electron chi connectivity index (χ2n) is 21.8. The molecule has 4 heterocycles. The zero-order valence-corrected chi connectivity index (χ0v) is 41.7. The van der Waals surface area contributed by atoms with Gasteiger partial charge in [0.25, 0.3) is 0 Å². The standard InChI is InChI=1S/C68H52N2O3/c1-67(2,3)45-21-15-41(16-22-45)43-19-29-59-53(35-43)55-39-49(27-31-61(55)69(59)47-25-33-65-57(37-47)51-11-7-9-13-63(51)72-65)71-50-28-32-62-56(40-50)54-36-44(42-17-23-46(24-18-42)68(4,5)6)20-30-60(54)70(62)48-26-34-66-58(38-48)52-12-8-10-14-64(52)73-66/h7-40H,1-6H3. The van der Waals surface area contributed by atoms with Crippen molar-refractivity contribution >= 4 is 87.5 Å². The Morgan fingerprint density at radius 2 is 0.658 bits per heavy atom. The van der Waals surface area contributed by atoms with Crippen LogP contribution in [0.2, 0.25) is 0 Å². The molecule has 14 rings (SSSR count). The molecule has 0 spiro atoms. The van der Waals surface area contributed by atoms with Gasteiger partial charge < -0.3 is 22.7 Å². The van der Waals surface area contributed by atoms with Crippen molar-refractivity contribution in [3.63, 3.8) is 0 Å². The minimum Gasteiger partial charge on any atom is -0.457 e. The average Bonchev–Trinajstić information content (AvgIpc) is 4.15. The maximum atomic E-state index is 6.99. The summed E-state index contributed by atoms with van der Waals surface area (Å²) in [6, 6.07) is 74.4. The van der Waals surface area contributed by atoms with Crippen molar-refractivity contribution in [3.05, 3.63) is 217 Å². The second kappa shape index (κ2) is 15.9. The van der Waals surface area contributed by atoms with Crippen LogP contribution < -0.4 is 4.74 Å². The molecule has 0 aliphatic heterocycles. The lowest BCUT2D eigenvalue weighted by Crippen LogP contribution is -2.10. The normalized spacial score (nSPS) is 12.5. The van der Waals surface area contributed by atoms with E-state index in [1.807, 2.05) is 24.3 Å². The van der Waals surface area contributed by atoms with Crippen molar-refractivity contribution in [1.82, 2.24) is 9.13 Å². The Kier molecular flexibility index (Phi) is 9.34. The van der Waals surface area contributed by atoms with Gasteiger partial charge in [0, 0.05) is 54.5 Å². The van der Waals surface area contributed by atoms with Crippen LogP contribution in [-0.4, -0.2) is 9.13 Å². The number of rotatable bonds is 6. The number of ether oxygens (including phenoxy) is 1. The van der Waals surface area contributed by atoms with Crippen LogP contribution in [0, 0.1) is 0 Å². The van der Waals surface area contributed by atoms with Crippen LogP contribution in [0.25, 0.3) is 121 Å². The smallest absolute Gasteiger partial charge is 0.135 e. The molecule has 5 nitrogen and oxygen atoms in total. The van der Waals surface area contributed by atoms with E-state index in [-0.39, 0.29) is 10.8 Å². The molecule has 14 aromatic rings. The molecule has 0 atom stereocenters. The molecule has 0 amide bonds. The molecule has 0 aliphatic rings. The van der Waals surface area contributed by atoms with Gasteiger partial charge in [0.15, 0.2) is 0 Å². The van der Waals surface area contributed by atoms with Crippen molar-refractivity contribution in [2.24, 2.45) is 0 Å². The van der Waals surface area contributed by atoms with Gasteiger partial charge in [-0.15, -0.1) is 0 Å². The molecule has 0 radical (unpaired) electrons. The van der Waals surface area contributed by atoms with Crippen molar-refractivity contribution < 1.29 is 13.6 Å². The lowest BCUT2D eigenvalue weighted by Gasteiger charge is -2.19. The predicted molar refractivity (Wildman–Crippen MR) is 304 cm³/mol. The maximum absolute atomic E-state index is 6.99. The van der Waals surface area contributed by atoms with Crippen LogP contribution in [0.3, 0.4) is 0 Å². The van der Waals surface area contributed by atoms with E-state index in [1.54, 1.807) is 0 Å². The van der Waals surface area contributed by atoms with Crippen LogP contribution in [0.4, 0.5) is 0 Å². The van der Waals surface area contributed by atoms with Gasteiger partial charge in [-0.05, 0) is 153 Å². The number of hydrogen-bond donors (Lipinski definition) is 0. The maximum Gasteiger partial charge on any atom is 0.135 e. The van der Waals surface area contributed by atoms with E-state index in [4.69, 9.17) is 13.6 Å². The van der Waals surface area contributed by atoms with E-state index >= 15 is 0 Å². The van der Waals surface area contributed by atoms with Gasteiger partial charge in [-0.1, -0.05) is 139 Å². The van der Waals surface area contributed by atoms with Crippen molar-refractivity contribution in [2.45, 2.75) is 52.4 Å². The molecular weight excluding hydrogens is 893 g/mol. The third-order valence-corrected chi connectivity index (χ3v) is 15.1. The molecule has 0 saturated carbocycles. The Balaban J connectivity index is 0.918. The van der Waals surface area contributed by atoms with Gasteiger partial charge in [-0.25, -0.2) is 0 Å². The first kappa shape index (κ1) is 43.0. The van der Waals surface area contributed by atoms with Gasteiger partial charge in [0.1, 0.15) is 33.8 Å². The third kappa shape index (κ3) is 7.05. The van der Waals surface area contributed by atoms with Gasteiger partial charge in [0.2, 0.25) is 0 Å². The quantitative estimate of drug-likeness (QED) is 0.167. The zero-order chi connectivity index (χ0) is 49.3. The highest BCUT2D eigenvalue weighted by atomic mass is 16.5. The highest BCUT2D eigenvalue weighted by Gasteiger charge is 2.21. The van der Waals surface area contributed by atoms with Gasteiger partial charge in [0.05, 0.1) is 22.1 Å². The van der Waals surface area contributed by atoms with Gasteiger partial charge >= 0.3 is 0 Å². The number of aromatic nitrogens is 2. The molecule has 352 valence electrons. The molecule has 5 heteroatoms. The SMILES string of the molecule is CC(C)(C)c1ccc(-c2ccc3c(c2)c2cc(Oc4ccc5c(c4)c4cc(-c6ccc(C(C)(C)C)cc6)ccc4n5-c4ccc5oc6ccccc6c5c4)ccc2n3-c2ccc3oc4ccccc4c3c2)cc1. The molecule has 4 aromatic heterocycles. The van der Waals surface area contributed by atoms with Crippen molar-refractivity contribution in [2.75, 3.05) is 0 Å². The molecule has 0 bridgehead atoms. The summed E-state index contributed by atoms with van der Waals surface area (Å²) in [5, 5.41) is 8.93. The first-order chi connectivity index (χ1) is 35.4. The van der Waals surface area contributed by atoms with E-state index in [1.165, 1.54) is 33.4 Å². The van der Waals surface area contributed by atoms with Gasteiger partial charge in [-0.2, -0.15) is 0 Å². The summed E-state index contributed by atoms with van der Waals surface area (Å²) in [7, 11) is 0. The molecule has 0 saturated heterocycles. The van der Waals surface area contributed by atoms with E-state index in [0.717, 1.165) is 110 Å². The molecule has 73 heavy (non-hydrogen) atoms. The highest BCUT2D eigenvalue weighted by Crippen LogP contribution is 2.43. The average molecular weight is 945 g/mol. The predicted octanol–water partition coefficient (Wildman–Crippen LogP) is 19.4. The highest BCUT2D eigenvalue weighted by molar-refractivity contribution is 6.14. The Morgan fingerprint density at radius 3 is 1.07 bits per heavy atom. The minimum absolute atomic E-state index is 0.0719. The van der Waals surface area contributed by atoms with Crippen LogP contribution >= 0.6 is 0 Å². The fourth-order valence-electron chi connectivity index (χ4n) is 11.2. The van der Waals surface area contributed by atoms with E-state index in [2.05, 4.69) is 233 Å².